The lowest BCUT2D eigenvalue weighted by Crippen LogP contribution is -2.55. The highest BCUT2D eigenvalue weighted by Crippen LogP contribution is 2.49. The summed E-state index contributed by atoms with van der Waals surface area (Å²) < 4.78 is 12.2. The fourth-order valence-corrected chi connectivity index (χ4v) is 5.74. The van der Waals surface area contributed by atoms with Gasteiger partial charge in [-0.2, -0.15) is 0 Å². The Hall–Kier alpha value is -3.40. The number of rotatable bonds is 7. The average Bonchev–Trinajstić information content (AvgIpc) is 2.90. The van der Waals surface area contributed by atoms with Crippen molar-refractivity contribution in [3.63, 3.8) is 0 Å². The van der Waals surface area contributed by atoms with Crippen molar-refractivity contribution in [2.45, 2.75) is 44.3 Å². The van der Waals surface area contributed by atoms with Crippen LogP contribution in [0.4, 0.5) is 0 Å². The average molecular weight is 455 g/mol. The Bertz CT molecular complexity index is 1100. The predicted octanol–water partition coefficient (Wildman–Crippen LogP) is 6.12. The molecule has 3 fully saturated rings. The fraction of sp³-hybridized carbons (Fsp3) is 0.333. The van der Waals surface area contributed by atoms with E-state index in [0.717, 1.165) is 32.1 Å². The molecule has 0 radical (unpaired) electrons. The third kappa shape index (κ3) is 4.91. The Morgan fingerprint density at radius 3 is 1.79 bits per heavy atom. The zero-order chi connectivity index (χ0) is 23.3. The molecule has 0 N–H and O–H groups in total. The molecule has 34 heavy (non-hydrogen) atoms. The van der Waals surface area contributed by atoms with Crippen LogP contribution in [0.5, 0.6) is 0 Å². The van der Waals surface area contributed by atoms with Gasteiger partial charge in [-0.15, -0.1) is 0 Å². The molecule has 3 saturated carbocycles. The van der Waals surface area contributed by atoms with Gasteiger partial charge in [0.1, 0.15) is 12.2 Å². The van der Waals surface area contributed by atoms with Crippen molar-refractivity contribution < 1.29 is 19.1 Å². The van der Waals surface area contributed by atoms with Crippen molar-refractivity contribution in [3.05, 3.63) is 108 Å². The summed E-state index contributed by atoms with van der Waals surface area (Å²) in [6.07, 6.45) is 4.21. The quantitative estimate of drug-likeness (QED) is 0.404. The van der Waals surface area contributed by atoms with Crippen LogP contribution in [0.2, 0.25) is 0 Å². The first-order valence-corrected chi connectivity index (χ1v) is 12.2. The predicted molar refractivity (Wildman–Crippen MR) is 130 cm³/mol. The zero-order valence-corrected chi connectivity index (χ0v) is 19.2. The summed E-state index contributed by atoms with van der Waals surface area (Å²) in [4.78, 5) is 25.9. The van der Waals surface area contributed by atoms with Crippen molar-refractivity contribution in [2.75, 3.05) is 0 Å². The Balaban J connectivity index is 1.35. The highest BCUT2D eigenvalue weighted by molar-refractivity contribution is 5.90. The molecule has 174 valence electrons. The highest BCUT2D eigenvalue weighted by atomic mass is 16.6. The van der Waals surface area contributed by atoms with Crippen molar-refractivity contribution >= 4 is 11.9 Å². The van der Waals surface area contributed by atoms with Gasteiger partial charge < -0.3 is 9.47 Å². The van der Waals surface area contributed by atoms with Crippen LogP contribution in [0.25, 0.3) is 0 Å². The molecule has 3 aromatic rings. The summed E-state index contributed by atoms with van der Waals surface area (Å²) in [6, 6.07) is 28.7. The number of benzene rings is 3. The van der Waals surface area contributed by atoms with Gasteiger partial charge in [0.15, 0.2) is 0 Å². The lowest BCUT2D eigenvalue weighted by atomic mass is 9.60. The van der Waals surface area contributed by atoms with Gasteiger partial charge in [0.25, 0.3) is 0 Å². The molecule has 3 aliphatic rings. The Morgan fingerprint density at radius 2 is 1.21 bits per heavy atom. The summed E-state index contributed by atoms with van der Waals surface area (Å²) in [5.41, 5.74) is 2.38. The number of fused-ring (bicyclic) bond motifs is 3. The molecule has 4 heteroatoms. The van der Waals surface area contributed by atoms with Crippen LogP contribution in [-0.4, -0.2) is 24.1 Å². The van der Waals surface area contributed by atoms with Gasteiger partial charge in [-0.05, 0) is 73.8 Å². The molecule has 2 bridgehead atoms. The Labute approximate surface area is 200 Å². The molecule has 3 aliphatic carbocycles. The van der Waals surface area contributed by atoms with E-state index in [1.54, 1.807) is 24.3 Å². The highest BCUT2D eigenvalue weighted by Gasteiger charge is 2.52. The van der Waals surface area contributed by atoms with E-state index in [0.29, 0.717) is 17.0 Å². The molecule has 0 aromatic heterocycles. The number of carbonyl (C=O) groups excluding carboxylic acids is 2. The van der Waals surface area contributed by atoms with E-state index in [1.165, 1.54) is 5.56 Å². The lowest BCUT2D eigenvalue weighted by molar-refractivity contribution is -0.142. The van der Waals surface area contributed by atoms with Crippen molar-refractivity contribution in [1.29, 1.82) is 0 Å². The Morgan fingerprint density at radius 1 is 0.676 bits per heavy atom. The second kappa shape index (κ2) is 10.3. The van der Waals surface area contributed by atoms with E-state index in [2.05, 4.69) is 24.3 Å². The molecular formula is C30H30O4. The second-order valence-electron chi connectivity index (χ2n) is 9.49. The van der Waals surface area contributed by atoms with Crippen LogP contribution < -0.4 is 0 Å². The van der Waals surface area contributed by atoms with E-state index in [1.807, 2.05) is 42.5 Å². The third-order valence-electron chi connectivity index (χ3n) is 7.44. The SMILES string of the molecule is O=C(OC1C2CCC(C(CCc3ccccc3)C2)C1OC(=O)c1ccccc1)c1ccccc1. The first-order valence-electron chi connectivity index (χ1n) is 12.2. The van der Waals surface area contributed by atoms with Gasteiger partial charge in [0.2, 0.25) is 0 Å². The second-order valence-corrected chi connectivity index (χ2v) is 9.49. The lowest BCUT2D eigenvalue weighted by Gasteiger charge is -2.51. The monoisotopic (exact) mass is 454 g/mol. The van der Waals surface area contributed by atoms with E-state index in [9.17, 15) is 9.59 Å². The van der Waals surface area contributed by atoms with Crippen LogP contribution in [0, 0.1) is 17.8 Å². The van der Waals surface area contributed by atoms with E-state index in [4.69, 9.17) is 9.47 Å². The molecule has 4 nitrogen and oxygen atoms in total. The van der Waals surface area contributed by atoms with Crippen molar-refractivity contribution in [3.8, 4) is 0 Å². The summed E-state index contributed by atoms with van der Waals surface area (Å²) in [7, 11) is 0. The minimum Gasteiger partial charge on any atom is -0.455 e. The summed E-state index contributed by atoms with van der Waals surface area (Å²) in [6.45, 7) is 0. The molecule has 5 atom stereocenters. The first-order chi connectivity index (χ1) is 16.7. The van der Waals surface area contributed by atoms with Gasteiger partial charge in [-0.1, -0.05) is 66.7 Å². The molecular weight excluding hydrogens is 424 g/mol. The van der Waals surface area contributed by atoms with Crippen molar-refractivity contribution in [1.82, 2.24) is 0 Å². The molecule has 6 rings (SSSR count). The van der Waals surface area contributed by atoms with Crippen LogP contribution in [0.3, 0.4) is 0 Å². The van der Waals surface area contributed by atoms with E-state index >= 15 is 0 Å². The van der Waals surface area contributed by atoms with Crippen LogP contribution in [0.15, 0.2) is 91.0 Å². The number of hydrogen-bond donors (Lipinski definition) is 0. The molecule has 0 aliphatic heterocycles. The maximum absolute atomic E-state index is 13.0. The normalized spacial score (nSPS) is 25.5. The fourth-order valence-electron chi connectivity index (χ4n) is 5.74. The van der Waals surface area contributed by atoms with Crippen LogP contribution in [-0.2, 0) is 15.9 Å². The summed E-state index contributed by atoms with van der Waals surface area (Å²) >= 11 is 0. The molecule has 0 spiro atoms. The third-order valence-corrected chi connectivity index (χ3v) is 7.44. The molecule has 0 heterocycles. The molecule has 3 aromatic carbocycles. The topological polar surface area (TPSA) is 52.6 Å². The van der Waals surface area contributed by atoms with Gasteiger partial charge in [-0.3, -0.25) is 0 Å². The van der Waals surface area contributed by atoms with E-state index < -0.39 is 12.2 Å². The minimum atomic E-state index is -0.423. The van der Waals surface area contributed by atoms with Crippen LogP contribution in [0.1, 0.15) is 52.0 Å². The number of esters is 2. The Kier molecular flexibility index (Phi) is 6.75. The van der Waals surface area contributed by atoms with Gasteiger partial charge >= 0.3 is 11.9 Å². The minimum absolute atomic E-state index is 0.190. The van der Waals surface area contributed by atoms with Crippen molar-refractivity contribution in [2.24, 2.45) is 17.8 Å². The van der Waals surface area contributed by atoms with Gasteiger partial charge in [-0.25, -0.2) is 9.59 Å². The molecule has 5 unspecified atom stereocenters. The first kappa shape index (κ1) is 22.4. The van der Waals surface area contributed by atoms with Gasteiger partial charge in [0, 0.05) is 5.92 Å². The van der Waals surface area contributed by atoms with E-state index in [-0.39, 0.29) is 23.8 Å². The maximum atomic E-state index is 13.0. The maximum Gasteiger partial charge on any atom is 0.338 e. The smallest absolute Gasteiger partial charge is 0.338 e. The van der Waals surface area contributed by atoms with Gasteiger partial charge in [0.05, 0.1) is 11.1 Å². The number of hydrogen-bond acceptors (Lipinski definition) is 4. The standard InChI is InChI=1S/C30H30O4/c31-29(22-12-6-2-7-13-22)33-27-25-18-19-26(24(20-25)17-16-21-10-4-1-5-11-21)28(27)34-30(32)23-14-8-3-9-15-23/h1-15,24-28H,16-20H2. The molecule has 0 amide bonds. The summed E-state index contributed by atoms with van der Waals surface area (Å²) in [5.74, 6) is 0.140. The zero-order valence-electron chi connectivity index (χ0n) is 19.2. The number of aryl methyl sites for hydroxylation is 1. The summed E-state index contributed by atoms with van der Waals surface area (Å²) in [5, 5.41) is 0. The number of carbonyl (C=O) groups is 2. The molecule has 0 saturated heterocycles. The van der Waals surface area contributed by atoms with Crippen LogP contribution >= 0.6 is 0 Å². The largest absolute Gasteiger partial charge is 0.455 e. The number of ether oxygens (including phenoxy) is 2.